The van der Waals surface area contributed by atoms with Crippen LogP contribution < -0.4 is 9.47 Å². The maximum Gasteiger partial charge on any atom is 0.210 e. The van der Waals surface area contributed by atoms with Gasteiger partial charge in [0.05, 0.1) is 5.56 Å². The predicted molar refractivity (Wildman–Crippen MR) is 76.6 cm³/mol. The third kappa shape index (κ3) is 2.29. The minimum atomic E-state index is -0.512. The molecule has 1 aliphatic heterocycles. The number of nitrogens with zero attached hydrogens (tertiary/aromatic N) is 1. The Morgan fingerprint density at radius 2 is 2.05 bits per heavy atom. The van der Waals surface area contributed by atoms with Crippen molar-refractivity contribution >= 4 is 5.78 Å². The molecule has 1 heterocycles. The van der Waals surface area contributed by atoms with Gasteiger partial charge in [0.25, 0.3) is 0 Å². The summed E-state index contributed by atoms with van der Waals surface area (Å²) in [5.74, 6) is 1.59. The van der Waals surface area contributed by atoms with E-state index < -0.39 is 5.60 Å². The van der Waals surface area contributed by atoms with E-state index in [1.165, 1.54) is 0 Å². The molecule has 0 N–H and O–H groups in total. The maximum absolute atomic E-state index is 12.2. The Bertz CT molecular complexity index is 518. The number of ketones is 1. The molecule has 20 heavy (non-hydrogen) atoms. The minimum Gasteiger partial charge on any atom is -0.492 e. The van der Waals surface area contributed by atoms with Crippen molar-refractivity contribution in [3.05, 3.63) is 23.8 Å². The largest absolute Gasteiger partial charge is 0.492 e. The first kappa shape index (κ1) is 13.4. The van der Waals surface area contributed by atoms with Crippen molar-refractivity contribution in [3.8, 4) is 11.5 Å². The van der Waals surface area contributed by atoms with Crippen LogP contribution in [0.15, 0.2) is 18.2 Å². The number of benzene rings is 1. The summed E-state index contributed by atoms with van der Waals surface area (Å²) >= 11 is 0. The first-order chi connectivity index (χ1) is 9.68. The number of carbonyl (C=O) groups is 1. The zero-order valence-corrected chi connectivity index (χ0v) is 12.1. The van der Waals surface area contributed by atoms with Crippen molar-refractivity contribution in [3.63, 3.8) is 0 Å². The highest BCUT2D eigenvalue weighted by atomic mass is 16.5. The predicted octanol–water partition coefficient (Wildman–Crippen LogP) is 2.51. The van der Waals surface area contributed by atoms with Crippen molar-refractivity contribution in [1.29, 1.82) is 0 Å². The molecule has 1 aromatic carbocycles. The van der Waals surface area contributed by atoms with Gasteiger partial charge in [-0.05, 0) is 44.1 Å². The van der Waals surface area contributed by atoms with Gasteiger partial charge in [-0.25, -0.2) is 0 Å². The van der Waals surface area contributed by atoms with Gasteiger partial charge in [-0.1, -0.05) is 13.8 Å². The molecule has 4 nitrogen and oxygen atoms in total. The smallest absolute Gasteiger partial charge is 0.210 e. The van der Waals surface area contributed by atoms with Crippen molar-refractivity contribution in [2.45, 2.75) is 32.3 Å². The summed E-state index contributed by atoms with van der Waals surface area (Å²) in [5.41, 5.74) is 0.171. The van der Waals surface area contributed by atoms with E-state index >= 15 is 0 Å². The molecule has 1 aliphatic carbocycles. The molecule has 1 aromatic rings. The monoisotopic (exact) mass is 275 g/mol. The number of ether oxygens (including phenoxy) is 2. The van der Waals surface area contributed by atoms with E-state index in [4.69, 9.17) is 9.47 Å². The van der Waals surface area contributed by atoms with Crippen molar-refractivity contribution in [2.24, 2.45) is 0 Å². The maximum atomic E-state index is 12.2. The van der Waals surface area contributed by atoms with Gasteiger partial charge in [-0.15, -0.1) is 0 Å². The summed E-state index contributed by atoms with van der Waals surface area (Å²) in [6, 6.07) is 5.57. The van der Waals surface area contributed by atoms with Crippen LogP contribution in [0.4, 0.5) is 0 Å². The first-order valence-corrected chi connectivity index (χ1v) is 7.41. The van der Waals surface area contributed by atoms with Gasteiger partial charge in [-0.3, -0.25) is 4.79 Å². The van der Waals surface area contributed by atoms with Gasteiger partial charge in [0, 0.05) is 6.54 Å². The fourth-order valence-corrected chi connectivity index (χ4v) is 2.64. The van der Waals surface area contributed by atoms with E-state index in [0.29, 0.717) is 17.9 Å². The van der Waals surface area contributed by atoms with E-state index in [-0.39, 0.29) is 5.78 Å². The summed E-state index contributed by atoms with van der Waals surface area (Å²) in [6.45, 7) is 7.88. The fourth-order valence-electron chi connectivity index (χ4n) is 2.64. The molecule has 1 fully saturated rings. The lowest BCUT2D eigenvalue weighted by Gasteiger charge is -2.18. The van der Waals surface area contributed by atoms with Crippen LogP contribution >= 0.6 is 0 Å². The first-order valence-electron chi connectivity index (χ1n) is 7.41. The van der Waals surface area contributed by atoms with Crippen LogP contribution in [0.2, 0.25) is 0 Å². The highest BCUT2D eigenvalue weighted by Crippen LogP contribution is 2.50. The van der Waals surface area contributed by atoms with Crippen LogP contribution in [-0.2, 0) is 0 Å². The normalized spacial score (nSPS) is 18.2. The fraction of sp³-hybridized carbons (Fsp3) is 0.562. The molecule has 3 rings (SSSR count). The summed E-state index contributed by atoms with van der Waals surface area (Å²) < 4.78 is 11.5. The summed E-state index contributed by atoms with van der Waals surface area (Å²) in [5, 5.41) is 0. The zero-order chi connectivity index (χ0) is 14.2. The molecule has 4 heteroatoms. The Morgan fingerprint density at radius 3 is 2.70 bits per heavy atom. The second-order valence-corrected chi connectivity index (χ2v) is 5.46. The Balaban J connectivity index is 1.62. The van der Waals surface area contributed by atoms with Gasteiger partial charge in [0.15, 0.2) is 5.60 Å². The molecule has 0 aromatic heterocycles. The Labute approximate surface area is 119 Å². The number of Topliss-reactive ketones (excluding diaryl/α,β-unsaturated/α-hetero) is 1. The highest BCUT2D eigenvalue weighted by molar-refractivity contribution is 6.09. The Hall–Kier alpha value is -1.55. The molecule has 1 spiro atoms. The zero-order valence-electron chi connectivity index (χ0n) is 12.1. The van der Waals surface area contributed by atoms with Crippen LogP contribution in [0.5, 0.6) is 11.5 Å². The number of likely N-dealkylation sites (N-methyl/N-ethyl adjacent to an activating group) is 1. The van der Waals surface area contributed by atoms with Crippen molar-refractivity contribution in [2.75, 3.05) is 26.2 Å². The van der Waals surface area contributed by atoms with Gasteiger partial charge in [0.1, 0.15) is 18.1 Å². The molecule has 0 atom stereocenters. The molecule has 0 radical (unpaired) electrons. The molecule has 0 bridgehead atoms. The van der Waals surface area contributed by atoms with Gasteiger partial charge < -0.3 is 14.4 Å². The van der Waals surface area contributed by atoms with E-state index in [0.717, 1.165) is 38.2 Å². The van der Waals surface area contributed by atoms with E-state index in [1.807, 2.05) is 18.2 Å². The quantitative estimate of drug-likeness (QED) is 0.799. The van der Waals surface area contributed by atoms with Crippen LogP contribution in [-0.4, -0.2) is 42.5 Å². The van der Waals surface area contributed by atoms with E-state index in [9.17, 15) is 4.79 Å². The average molecular weight is 275 g/mol. The third-order valence-electron chi connectivity index (χ3n) is 4.19. The molecule has 2 aliphatic rings. The minimum absolute atomic E-state index is 0.127. The van der Waals surface area contributed by atoms with Crippen LogP contribution in [0.3, 0.4) is 0 Å². The van der Waals surface area contributed by atoms with Crippen molar-refractivity contribution < 1.29 is 14.3 Å². The lowest BCUT2D eigenvalue weighted by molar-refractivity contribution is 0.0820. The number of carbonyl (C=O) groups excluding carboxylic acids is 1. The topological polar surface area (TPSA) is 38.8 Å². The van der Waals surface area contributed by atoms with Gasteiger partial charge in [-0.2, -0.15) is 0 Å². The second-order valence-electron chi connectivity index (χ2n) is 5.46. The number of hydrogen-bond acceptors (Lipinski definition) is 4. The summed E-state index contributed by atoms with van der Waals surface area (Å²) in [7, 11) is 0. The molecule has 0 amide bonds. The lowest BCUT2D eigenvalue weighted by Crippen LogP contribution is -2.27. The molecule has 0 unspecified atom stereocenters. The van der Waals surface area contributed by atoms with Gasteiger partial charge >= 0.3 is 0 Å². The van der Waals surface area contributed by atoms with E-state index in [1.54, 1.807) is 0 Å². The van der Waals surface area contributed by atoms with Crippen LogP contribution in [0.1, 0.15) is 37.0 Å². The number of fused-ring (bicyclic) bond motifs is 1. The summed E-state index contributed by atoms with van der Waals surface area (Å²) in [4.78, 5) is 14.5. The van der Waals surface area contributed by atoms with Crippen molar-refractivity contribution in [1.82, 2.24) is 4.90 Å². The Kier molecular flexibility index (Phi) is 3.42. The number of hydrogen-bond donors (Lipinski definition) is 0. The SMILES string of the molecule is CCN(CC)CCOc1ccc2c(c1)C(=O)C1(CC1)O2. The highest BCUT2D eigenvalue weighted by Gasteiger charge is 2.57. The molecular weight excluding hydrogens is 254 g/mol. The number of rotatable bonds is 6. The van der Waals surface area contributed by atoms with Gasteiger partial charge in [0.2, 0.25) is 5.78 Å². The lowest BCUT2D eigenvalue weighted by atomic mass is 10.1. The Morgan fingerprint density at radius 1 is 1.30 bits per heavy atom. The average Bonchev–Trinajstić information content (AvgIpc) is 3.19. The van der Waals surface area contributed by atoms with Crippen LogP contribution in [0, 0.1) is 0 Å². The third-order valence-corrected chi connectivity index (χ3v) is 4.19. The molecule has 0 saturated heterocycles. The summed E-state index contributed by atoms with van der Waals surface area (Å²) in [6.07, 6.45) is 1.69. The molecular formula is C16H21NO3. The molecule has 108 valence electrons. The van der Waals surface area contributed by atoms with E-state index in [2.05, 4.69) is 18.7 Å². The van der Waals surface area contributed by atoms with Crippen LogP contribution in [0.25, 0.3) is 0 Å². The second kappa shape index (κ2) is 5.09. The molecule has 1 saturated carbocycles. The standard InChI is InChI=1S/C16H21NO3/c1-3-17(4-2)9-10-19-12-5-6-14-13(11-12)15(18)16(20-14)7-8-16/h5-6,11H,3-4,7-10H2,1-2H3.